The van der Waals surface area contributed by atoms with E-state index in [0.717, 1.165) is 40.7 Å². The fourth-order valence-electron chi connectivity index (χ4n) is 3.41. The van der Waals surface area contributed by atoms with E-state index >= 15 is 0 Å². The van der Waals surface area contributed by atoms with Crippen molar-refractivity contribution in [3.63, 3.8) is 0 Å². The van der Waals surface area contributed by atoms with Crippen molar-refractivity contribution in [3.8, 4) is 10.6 Å². The number of hydrogen-bond acceptors (Lipinski definition) is 5. The van der Waals surface area contributed by atoms with Crippen LogP contribution in [0.1, 0.15) is 40.2 Å². The number of amides is 1. The molecule has 1 amide bonds. The van der Waals surface area contributed by atoms with Gasteiger partial charge in [0.05, 0.1) is 5.69 Å². The van der Waals surface area contributed by atoms with Gasteiger partial charge in [-0.05, 0) is 37.8 Å². The molecule has 1 fully saturated rings. The number of carbonyl (C=O) groups is 1. The number of hydrogen-bond donors (Lipinski definition) is 1. The summed E-state index contributed by atoms with van der Waals surface area (Å²) in [5.41, 5.74) is 2.80. The van der Waals surface area contributed by atoms with Crippen LogP contribution in [0.4, 0.5) is 5.82 Å². The average Bonchev–Trinajstić information content (AvgIpc) is 3.15. The average molecular weight is 393 g/mol. The van der Waals surface area contributed by atoms with E-state index in [4.69, 9.17) is 0 Å². The van der Waals surface area contributed by atoms with Gasteiger partial charge < -0.3 is 10.2 Å². The fourth-order valence-corrected chi connectivity index (χ4v) is 4.39. The summed E-state index contributed by atoms with van der Waals surface area (Å²) in [4.78, 5) is 24.8. The number of nitrogens with zero attached hydrogens (tertiary/aromatic N) is 3. The fraction of sp³-hybridized carbons (Fsp3) is 0.318. The van der Waals surface area contributed by atoms with Crippen molar-refractivity contribution in [2.45, 2.75) is 32.7 Å². The summed E-state index contributed by atoms with van der Waals surface area (Å²) in [5.74, 6) is 0.942. The standard InChI is InChI=1S/C22H24N4OS/c1-16-20(28-22(25-16)18-8-4-2-5-9-18)21(27)24-15-17-10-11-19(23-14-17)26-12-6-3-7-13-26/h2,4-5,8-11,14H,3,6-7,12-13,15H2,1H3,(H,24,27). The van der Waals surface area contributed by atoms with E-state index in [9.17, 15) is 4.79 Å². The van der Waals surface area contributed by atoms with Gasteiger partial charge in [0, 0.05) is 31.4 Å². The smallest absolute Gasteiger partial charge is 0.263 e. The van der Waals surface area contributed by atoms with Gasteiger partial charge in [-0.2, -0.15) is 0 Å². The summed E-state index contributed by atoms with van der Waals surface area (Å²) >= 11 is 1.43. The maximum Gasteiger partial charge on any atom is 0.263 e. The molecule has 0 spiro atoms. The molecule has 3 aromatic rings. The molecule has 28 heavy (non-hydrogen) atoms. The van der Waals surface area contributed by atoms with E-state index in [1.54, 1.807) is 0 Å². The molecule has 1 aliphatic rings. The van der Waals surface area contributed by atoms with Crippen LogP contribution in [0.5, 0.6) is 0 Å². The number of benzene rings is 1. The van der Waals surface area contributed by atoms with E-state index in [1.807, 2.05) is 49.5 Å². The first-order valence-corrected chi connectivity index (χ1v) is 10.5. The highest BCUT2D eigenvalue weighted by molar-refractivity contribution is 7.17. The first-order chi connectivity index (χ1) is 13.7. The Bertz CT molecular complexity index is 931. The molecule has 2 aromatic heterocycles. The third kappa shape index (κ3) is 4.22. The second-order valence-corrected chi connectivity index (χ2v) is 8.05. The lowest BCUT2D eigenvalue weighted by Crippen LogP contribution is -2.30. The molecule has 5 nitrogen and oxygen atoms in total. The quantitative estimate of drug-likeness (QED) is 0.698. The molecule has 0 radical (unpaired) electrons. The molecule has 1 aliphatic heterocycles. The molecule has 6 heteroatoms. The SMILES string of the molecule is Cc1nc(-c2ccccc2)sc1C(=O)NCc1ccc(N2CCCCC2)nc1. The van der Waals surface area contributed by atoms with Crippen molar-refractivity contribution in [1.82, 2.24) is 15.3 Å². The number of aryl methyl sites for hydroxylation is 1. The Morgan fingerprint density at radius 1 is 1.11 bits per heavy atom. The van der Waals surface area contributed by atoms with Crippen LogP contribution in [0.15, 0.2) is 48.7 Å². The van der Waals surface area contributed by atoms with E-state index in [0.29, 0.717) is 11.4 Å². The van der Waals surface area contributed by atoms with Crippen LogP contribution in [0, 0.1) is 6.92 Å². The molecular formula is C22H24N4OS. The van der Waals surface area contributed by atoms with Gasteiger partial charge in [0.1, 0.15) is 15.7 Å². The molecule has 144 valence electrons. The van der Waals surface area contributed by atoms with Gasteiger partial charge >= 0.3 is 0 Å². The number of nitrogens with one attached hydrogen (secondary N) is 1. The Balaban J connectivity index is 1.38. The van der Waals surface area contributed by atoms with Crippen molar-refractivity contribution in [1.29, 1.82) is 0 Å². The number of aromatic nitrogens is 2. The van der Waals surface area contributed by atoms with E-state index in [-0.39, 0.29) is 5.91 Å². The Morgan fingerprint density at radius 2 is 1.89 bits per heavy atom. The second kappa shape index (κ2) is 8.52. The summed E-state index contributed by atoms with van der Waals surface area (Å²) in [6.45, 7) is 4.51. The van der Waals surface area contributed by atoms with Gasteiger partial charge in [-0.3, -0.25) is 4.79 Å². The monoisotopic (exact) mass is 392 g/mol. The van der Waals surface area contributed by atoms with E-state index in [1.165, 1.54) is 30.6 Å². The van der Waals surface area contributed by atoms with Gasteiger partial charge in [0.2, 0.25) is 0 Å². The van der Waals surface area contributed by atoms with Gasteiger partial charge in [-0.25, -0.2) is 9.97 Å². The van der Waals surface area contributed by atoms with Crippen LogP contribution in [0.2, 0.25) is 0 Å². The molecule has 0 saturated carbocycles. The topological polar surface area (TPSA) is 58.1 Å². The van der Waals surface area contributed by atoms with Crippen LogP contribution < -0.4 is 10.2 Å². The van der Waals surface area contributed by atoms with Crippen LogP contribution in [0.3, 0.4) is 0 Å². The normalized spacial score (nSPS) is 14.1. The van der Waals surface area contributed by atoms with Crippen LogP contribution >= 0.6 is 11.3 Å². The Kier molecular flexibility index (Phi) is 5.67. The molecule has 4 rings (SSSR count). The Morgan fingerprint density at radius 3 is 2.61 bits per heavy atom. The zero-order valence-electron chi connectivity index (χ0n) is 16.0. The minimum Gasteiger partial charge on any atom is -0.357 e. The molecule has 1 aromatic carbocycles. The molecule has 0 bridgehead atoms. The highest BCUT2D eigenvalue weighted by Crippen LogP contribution is 2.27. The second-order valence-electron chi connectivity index (χ2n) is 7.05. The number of rotatable bonds is 5. The lowest BCUT2D eigenvalue weighted by atomic mass is 10.1. The number of pyridine rings is 1. The number of carbonyl (C=O) groups excluding carboxylic acids is 1. The lowest BCUT2D eigenvalue weighted by molar-refractivity contribution is 0.0954. The number of thiazole rings is 1. The molecule has 0 aliphatic carbocycles. The Labute approximate surface area is 169 Å². The molecule has 0 unspecified atom stereocenters. The minimum absolute atomic E-state index is 0.0858. The van der Waals surface area contributed by atoms with Crippen molar-refractivity contribution in [3.05, 3.63) is 64.8 Å². The number of anilines is 1. The summed E-state index contributed by atoms with van der Waals surface area (Å²) < 4.78 is 0. The zero-order valence-corrected chi connectivity index (χ0v) is 16.8. The van der Waals surface area contributed by atoms with Crippen LogP contribution in [0.25, 0.3) is 10.6 Å². The molecule has 1 saturated heterocycles. The lowest BCUT2D eigenvalue weighted by Gasteiger charge is -2.27. The predicted molar refractivity (Wildman–Crippen MR) is 114 cm³/mol. The van der Waals surface area contributed by atoms with Gasteiger partial charge in [-0.1, -0.05) is 36.4 Å². The van der Waals surface area contributed by atoms with Crippen molar-refractivity contribution in [2.75, 3.05) is 18.0 Å². The van der Waals surface area contributed by atoms with Crippen LogP contribution in [-0.2, 0) is 6.54 Å². The molecule has 3 heterocycles. The van der Waals surface area contributed by atoms with Crippen molar-refractivity contribution < 1.29 is 4.79 Å². The van der Waals surface area contributed by atoms with Gasteiger partial charge in [0.15, 0.2) is 0 Å². The molecule has 1 N–H and O–H groups in total. The van der Waals surface area contributed by atoms with Crippen LogP contribution in [-0.4, -0.2) is 29.0 Å². The molecular weight excluding hydrogens is 368 g/mol. The summed E-state index contributed by atoms with van der Waals surface area (Å²) in [6.07, 6.45) is 5.64. The summed E-state index contributed by atoms with van der Waals surface area (Å²) in [6, 6.07) is 14.1. The zero-order chi connectivity index (χ0) is 19.3. The van der Waals surface area contributed by atoms with E-state index in [2.05, 4.69) is 26.3 Å². The maximum absolute atomic E-state index is 12.6. The first-order valence-electron chi connectivity index (χ1n) is 9.71. The van der Waals surface area contributed by atoms with Gasteiger partial charge in [0.25, 0.3) is 5.91 Å². The highest BCUT2D eigenvalue weighted by atomic mass is 32.1. The highest BCUT2D eigenvalue weighted by Gasteiger charge is 2.16. The largest absolute Gasteiger partial charge is 0.357 e. The first kappa shape index (κ1) is 18.6. The minimum atomic E-state index is -0.0858. The van der Waals surface area contributed by atoms with Gasteiger partial charge in [-0.15, -0.1) is 11.3 Å². The third-order valence-corrected chi connectivity index (χ3v) is 6.17. The summed E-state index contributed by atoms with van der Waals surface area (Å²) in [7, 11) is 0. The molecule has 0 atom stereocenters. The third-order valence-electron chi connectivity index (χ3n) is 4.97. The van der Waals surface area contributed by atoms with Crippen molar-refractivity contribution >= 4 is 23.1 Å². The predicted octanol–water partition coefficient (Wildman–Crippen LogP) is 4.43. The summed E-state index contributed by atoms with van der Waals surface area (Å²) in [5, 5.41) is 3.87. The van der Waals surface area contributed by atoms with E-state index < -0.39 is 0 Å². The Hall–Kier alpha value is -2.73. The number of piperidine rings is 1. The van der Waals surface area contributed by atoms with Crippen molar-refractivity contribution in [2.24, 2.45) is 0 Å². The maximum atomic E-state index is 12.6.